The summed E-state index contributed by atoms with van der Waals surface area (Å²) in [6, 6.07) is 5.40. The first kappa shape index (κ1) is 19.1. The van der Waals surface area contributed by atoms with Gasteiger partial charge in [0.25, 0.3) is 0 Å². The fraction of sp³-hybridized carbons (Fsp3) is 0.579. The van der Waals surface area contributed by atoms with Gasteiger partial charge in [-0.05, 0) is 63.3 Å². The van der Waals surface area contributed by atoms with E-state index >= 15 is 0 Å². The van der Waals surface area contributed by atoms with Crippen LogP contribution in [0.3, 0.4) is 0 Å². The number of benzene rings is 1. The maximum Gasteiger partial charge on any atom is 0.414 e. The predicted octanol–water partition coefficient (Wildman–Crippen LogP) is 4.15. The topological polar surface area (TPSA) is 70.7 Å². The maximum absolute atomic E-state index is 12.4. The molecule has 0 aliphatic carbocycles. The fourth-order valence-electron chi connectivity index (χ4n) is 2.65. The summed E-state index contributed by atoms with van der Waals surface area (Å²) in [7, 11) is 0. The van der Waals surface area contributed by atoms with Crippen molar-refractivity contribution in [1.82, 2.24) is 5.32 Å². The minimum atomic E-state index is -0.523. The molecule has 138 valence electrons. The van der Waals surface area contributed by atoms with E-state index in [4.69, 9.17) is 4.74 Å². The molecule has 1 aliphatic heterocycles. The molecular weight excluding hydrogens is 318 g/mol. The number of hydrogen-bond donors (Lipinski definition) is 2. The summed E-state index contributed by atoms with van der Waals surface area (Å²) in [5.41, 5.74) is 2.10. The monoisotopic (exact) mass is 347 g/mol. The van der Waals surface area contributed by atoms with Gasteiger partial charge in [-0.25, -0.2) is 9.59 Å². The number of fused-ring (bicyclic) bond motifs is 1. The predicted molar refractivity (Wildman–Crippen MR) is 100 cm³/mol. The Hall–Kier alpha value is -2.24. The lowest BCUT2D eigenvalue weighted by Crippen LogP contribution is -2.39. The average molecular weight is 347 g/mol. The molecule has 0 atom stereocenters. The molecule has 0 fully saturated rings. The smallest absolute Gasteiger partial charge is 0.414 e. The zero-order valence-corrected chi connectivity index (χ0v) is 15.8. The molecule has 1 aliphatic rings. The van der Waals surface area contributed by atoms with E-state index in [0.717, 1.165) is 29.8 Å². The van der Waals surface area contributed by atoms with E-state index in [1.807, 2.05) is 52.8 Å². The highest BCUT2D eigenvalue weighted by molar-refractivity contribution is 5.92. The summed E-state index contributed by atoms with van der Waals surface area (Å²) in [5, 5.41) is 5.67. The molecular formula is C19H29N3O3. The summed E-state index contributed by atoms with van der Waals surface area (Å²) in [6.07, 6.45) is 1.41. The van der Waals surface area contributed by atoms with Gasteiger partial charge in [-0.15, -0.1) is 0 Å². The first-order valence-electron chi connectivity index (χ1n) is 8.84. The van der Waals surface area contributed by atoms with Crippen molar-refractivity contribution in [3.63, 3.8) is 0 Å². The number of carbonyl (C=O) groups is 2. The van der Waals surface area contributed by atoms with E-state index < -0.39 is 5.60 Å². The zero-order valence-electron chi connectivity index (χ0n) is 15.8. The summed E-state index contributed by atoms with van der Waals surface area (Å²) in [5.74, 6) is 0.400. The van der Waals surface area contributed by atoms with Gasteiger partial charge in [0.05, 0.1) is 5.69 Å². The van der Waals surface area contributed by atoms with E-state index in [-0.39, 0.29) is 12.1 Å². The number of ether oxygens (including phenoxy) is 1. The van der Waals surface area contributed by atoms with E-state index in [9.17, 15) is 9.59 Å². The molecule has 1 heterocycles. The number of nitrogens with one attached hydrogen (secondary N) is 2. The molecule has 6 heteroatoms. The van der Waals surface area contributed by atoms with Gasteiger partial charge in [-0.3, -0.25) is 4.90 Å². The number of rotatable bonds is 3. The van der Waals surface area contributed by atoms with Crippen LogP contribution in [0, 0.1) is 5.92 Å². The van der Waals surface area contributed by atoms with Gasteiger partial charge in [0, 0.05) is 18.8 Å². The minimum absolute atomic E-state index is 0.214. The molecule has 1 aromatic rings. The molecule has 1 aromatic carbocycles. The Morgan fingerprint density at radius 3 is 2.64 bits per heavy atom. The Morgan fingerprint density at radius 1 is 1.28 bits per heavy atom. The van der Waals surface area contributed by atoms with E-state index in [0.29, 0.717) is 19.0 Å². The normalized spacial score (nSPS) is 14.1. The molecule has 3 amide bonds. The number of amides is 3. The highest BCUT2D eigenvalue weighted by Crippen LogP contribution is 2.30. The minimum Gasteiger partial charge on any atom is -0.443 e. The fourth-order valence-corrected chi connectivity index (χ4v) is 2.65. The number of nitrogens with zero attached hydrogens (tertiary/aromatic N) is 1. The molecule has 0 saturated carbocycles. The second kappa shape index (κ2) is 7.76. The zero-order chi connectivity index (χ0) is 18.6. The molecule has 0 spiro atoms. The third kappa shape index (κ3) is 5.66. The van der Waals surface area contributed by atoms with E-state index in [1.165, 1.54) is 0 Å². The van der Waals surface area contributed by atoms with Crippen LogP contribution in [0.5, 0.6) is 0 Å². The van der Waals surface area contributed by atoms with Crippen molar-refractivity contribution >= 4 is 23.5 Å². The van der Waals surface area contributed by atoms with Crippen molar-refractivity contribution in [3.05, 3.63) is 23.8 Å². The highest BCUT2D eigenvalue weighted by Gasteiger charge is 2.27. The molecule has 0 unspecified atom stereocenters. The second-order valence-electron chi connectivity index (χ2n) is 7.81. The third-order valence-electron chi connectivity index (χ3n) is 3.74. The maximum atomic E-state index is 12.4. The van der Waals surface area contributed by atoms with Gasteiger partial charge in [0.15, 0.2) is 0 Å². The lowest BCUT2D eigenvalue weighted by Gasteiger charge is -2.32. The number of urea groups is 1. The van der Waals surface area contributed by atoms with Gasteiger partial charge in [-0.1, -0.05) is 13.8 Å². The summed E-state index contributed by atoms with van der Waals surface area (Å²) >= 11 is 0. The quantitative estimate of drug-likeness (QED) is 0.863. The van der Waals surface area contributed by atoms with Crippen LogP contribution in [0.4, 0.5) is 21.0 Å². The Kier molecular flexibility index (Phi) is 5.93. The Bertz CT molecular complexity index is 635. The van der Waals surface area contributed by atoms with Crippen molar-refractivity contribution in [2.45, 2.75) is 53.1 Å². The van der Waals surface area contributed by atoms with Crippen LogP contribution < -0.4 is 15.5 Å². The number of anilines is 2. The summed E-state index contributed by atoms with van der Waals surface area (Å²) in [6.45, 7) is 10.9. The molecule has 0 radical (unpaired) electrons. The molecule has 2 rings (SSSR count). The van der Waals surface area contributed by atoms with Crippen molar-refractivity contribution in [3.8, 4) is 0 Å². The van der Waals surface area contributed by atoms with E-state index in [1.54, 1.807) is 4.90 Å². The van der Waals surface area contributed by atoms with Crippen LogP contribution in [0.25, 0.3) is 0 Å². The highest BCUT2D eigenvalue weighted by atomic mass is 16.6. The van der Waals surface area contributed by atoms with Gasteiger partial charge in [-0.2, -0.15) is 0 Å². The van der Waals surface area contributed by atoms with Crippen LogP contribution >= 0.6 is 0 Å². The third-order valence-corrected chi connectivity index (χ3v) is 3.74. The van der Waals surface area contributed by atoms with Crippen LogP contribution in [0.1, 0.15) is 46.6 Å². The van der Waals surface area contributed by atoms with Gasteiger partial charge in [0.1, 0.15) is 5.60 Å². The summed E-state index contributed by atoms with van der Waals surface area (Å²) < 4.78 is 5.49. The second-order valence-corrected chi connectivity index (χ2v) is 7.81. The number of carbonyl (C=O) groups excluding carboxylic acids is 2. The standard InChI is InChI=1S/C19H29N3O3/c1-13(2)12-20-17(23)21-15-8-9-16-14(11-15)7-6-10-22(16)18(24)25-19(3,4)5/h8-9,11,13H,6-7,10,12H2,1-5H3,(H2,20,21,23). The number of aryl methyl sites for hydroxylation is 1. The molecule has 0 aromatic heterocycles. The van der Waals surface area contributed by atoms with Crippen LogP contribution in [0.15, 0.2) is 18.2 Å². The van der Waals surface area contributed by atoms with Crippen molar-refractivity contribution in [2.24, 2.45) is 5.92 Å². The van der Waals surface area contributed by atoms with Gasteiger partial charge >= 0.3 is 12.1 Å². The lowest BCUT2D eigenvalue weighted by molar-refractivity contribution is 0.0578. The van der Waals surface area contributed by atoms with Crippen LogP contribution in [-0.4, -0.2) is 30.8 Å². The molecule has 0 saturated heterocycles. The van der Waals surface area contributed by atoms with Crippen molar-refractivity contribution in [1.29, 1.82) is 0 Å². The largest absolute Gasteiger partial charge is 0.443 e. The average Bonchev–Trinajstić information content (AvgIpc) is 2.50. The van der Waals surface area contributed by atoms with Crippen LogP contribution in [-0.2, 0) is 11.2 Å². The first-order chi connectivity index (χ1) is 11.7. The van der Waals surface area contributed by atoms with Crippen molar-refractivity contribution in [2.75, 3.05) is 23.3 Å². The number of hydrogen-bond acceptors (Lipinski definition) is 3. The lowest BCUT2D eigenvalue weighted by atomic mass is 10.0. The van der Waals surface area contributed by atoms with Gasteiger partial charge in [0.2, 0.25) is 0 Å². The first-order valence-corrected chi connectivity index (χ1v) is 8.84. The SMILES string of the molecule is CC(C)CNC(=O)Nc1ccc2c(c1)CCCN2C(=O)OC(C)(C)C. The molecule has 0 bridgehead atoms. The summed E-state index contributed by atoms with van der Waals surface area (Å²) in [4.78, 5) is 26.0. The van der Waals surface area contributed by atoms with Crippen molar-refractivity contribution < 1.29 is 14.3 Å². The Labute approximate surface area is 149 Å². The Morgan fingerprint density at radius 2 is 2.00 bits per heavy atom. The van der Waals surface area contributed by atoms with E-state index in [2.05, 4.69) is 10.6 Å². The molecule has 6 nitrogen and oxygen atoms in total. The Balaban J connectivity index is 2.09. The van der Waals surface area contributed by atoms with Crippen LogP contribution in [0.2, 0.25) is 0 Å². The van der Waals surface area contributed by atoms with Gasteiger partial charge < -0.3 is 15.4 Å². The molecule has 25 heavy (non-hydrogen) atoms. The molecule has 2 N–H and O–H groups in total.